The molecule has 2 heteroatoms. The second-order valence-electron chi connectivity index (χ2n) is 12.7. The van der Waals surface area contributed by atoms with Crippen LogP contribution in [0.3, 0.4) is 0 Å². The first kappa shape index (κ1) is 30.5. The molecule has 0 amide bonds. The molecule has 1 unspecified atom stereocenters. The van der Waals surface area contributed by atoms with E-state index >= 15 is 0 Å². The number of rotatable bonds is 10. The van der Waals surface area contributed by atoms with Crippen LogP contribution in [0.2, 0.25) is 0 Å². The Labute approximate surface area is 288 Å². The molecule has 0 aliphatic heterocycles. The summed E-state index contributed by atoms with van der Waals surface area (Å²) >= 11 is 0. The zero-order valence-electron chi connectivity index (χ0n) is 27.8. The zero-order chi connectivity index (χ0) is 33.2. The molecule has 0 saturated heterocycles. The molecule has 6 aromatic carbocycles. The summed E-state index contributed by atoms with van der Waals surface area (Å²) in [6, 6.07) is 52.9. The molecule has 2 aromatic heterocycles. The van der Waals surface area contributed by atoms with Crippen molar-refractivity contribution < 1.29 is 4.42 Å². The van der Waals surface area contributed by atoms with Gasteiger partial charge in [-0.25, -0.2) is 0 Å². The van der Waals surface area contributed by atoms with Gasteiger partial charge in [-0.1, -0.05) is 133 Å². The van der Waals surface area contributed by atoms with Crippen LogP contribution in [0.25, 0.3) is 55.7 Å². The van der Waals surface area contributed by atoms with Gasteiger partial charge in [0, 0.05) is 33.3 Å². The third-order valence-corrected chi connectivity index (χ3v) is 9.85. The van der Waals surface area contributed by atoms with Crippen molar-refractivity contribution >= 4 is 38.9 Å². The minimum Gasteiger partial charge on any atom is -0.456 e. The van der Waals surface area contributed by atoms with Crippen LogP contribution in [0.1, 0.15) is 47.3 Å². The number of hydrogen-bond acceptors (Lipinski definition) is 1. The maximum atomic E-state index is 6.52. The second-order valence-corrected chi connectivity index (χ2v) is 12.7. The van der Waals surface area contributed by atoms with Gasteiger partial charge in [0.15, 0.2) is 0 Å². The standard InChI is InChI=1S/C47H39NO/c1-3-15-42-43-24-14-19-35(47(43)49-46(42)16-4-2)29-32-38(33-17-6-5-7-18-33)39-21-9-8-20-37(39)34-27-30-36(31-28-34)48-44-25-12-10-22-40(44)41-23-11-13-26-45(41)48/h3-14,16-28,30-31,38H,1,15,29,32H2,2H3/b16-4-. The van der Waals surface area contributed by atoms with Gasteiger partial charge in [0.2, 0.25) is 0 Å². The lowest BCUT2D eigenvalue weighted by Gasteiger charge is -2.22. The van der Waals surface area contributed by atoms with E-state index in [4.69, 9.17) is 4.42 Å². The number of hydrogen-bond donors (Lipinski definition) is 0. The van der Waals surface area contributed by atoms with Crippen molar-refractivity contribution in [3.05, 3.63) is 192 Å². The molecule has 0 spiro atoms. The molecule has 2 nitrogen and oxygen atoms in total. The highest BCUT2D eigenvalue weighted by molar-refractivity contribution is 6.09. The number of para-hydroxylation sites is 3. The Hall–Kier alpha value is -5.86. The topological polar surface area (TPSA) is 18.1 Å². The van der Waals surface area contributed by atoms with Crippen LogP contribution in [0.5, 0.6) is 0 Å². The molecule has 1 atom stereocenters. The minimum atomic E-state index is 0.210. The Balaban J connectivity index is 1.17. The fraction of sp³-hybridized carbons (Fsp3) is 0.106. The maximum absolute atomic E-state index is 6.52. The van der Waals surface area contributed by atoms with Crippen LogP contribution < -0.4 is 0 Å². The largest absolute Gasteiger partial charge is 0.456 e. The molecule has 0 radical (unpaired) electrons. The first-order valence-corrected chi connectivity index (χ1v) is 17.2. The smallest absolute Gasteiger partial charge is 0.138 e. The van der Waals surface area contributed by atoms with Gasteiger partial charge in [-0.2, -0.15) is 0 Å². The molecule has 0 bridgehead atoms. The van der Waals surface area contributed by atoms with Gasteiger partial charge in [0.1, 0.15) is 11.3 Å². The normalized spacial score (nSPS) is 12.3. The predicted molar refractivity (Wildman–Crippen MR) is 208 cm³/mol. The highest BCUT2D eigenvalue weighted by Crippen LogP contribution is 2.39. The Morgan fingerprint density at radius 3 is 2.04 bits per heavy atom. The number of allylic oxidation sites excluding steroid dienone is 2. The monoisotopic (exact) mass is 633 g/mol. The van der Waals surface area contributed by atoms with Crippen molar-refractivity contribution in [3.63, 3.8) is 0 Å². The van der Waals surface area contributed by atoms with E-state index in [9.17, 15) is 0 Å². The molecular weight excluding hydrogens is 595 g/mol. The molecule has 49 heavy (non-hydrogen) atoms. The fourth-order valence-corrected chi connectivity index (χ4v) is 7.63. The molecule has 2 heterocycles. The molecule has 0 saturated carbocycles. The van der Waals surface area contributed by atoms with Crippen molar-refractivity contribution in [1.82, 2.24) is 4.57 Å². The molecule has 0 aliphatic rings. The number of nitrogens with zero attached hydrogens (tertiary/aromatic N) is 1. The van der Waals surface area contributed by atoms with Crippen molar-refractivity contribution in [2.75, 3.05) is 0 Å². The SMILES string of the molecule is C=CCc1c(/C=C\C)oc2c(CCC(c3ccccc3)c3ccccc3-c3ccc(-n4c5ccccc5c5ccccc54)cc3)cccc12. The van der Waals surface area contributed by atoms with Gasteiger partial charge < -0.3 is 8.98 Å². The Morgan fingerprint density at radius 2 is 1.33 bits per heavy atom. The van der Waals surface area contributed by atoms with Crippen LogP contribution in [0.4, 0.5) is 0 Å². The predicted octanol–water partition coefficient (Wildman–Crippen LogP) is 12.7. The first-order chi connectivity index (χ1) is 24.2. The zero-order valence-corrected chi connectivity index (χ0v) is 27.8. The van der Waals surface area contributed by atoms with Gasteiger partial charge in [-0.05, 0) is 84.3 Å². The van der Waals surface area contributed by atoms with Crippen molar-refractivity contribution in [2.45, 2.75) is 32.1 Å². The fourth-order valence-electron chi connectivity index (χ4n) is 7.63. The molecule has 238 valence electrons. The number of aryl methyl sites for hydroxylation is 1. The van der Waals surface area contributed by atoms with E-state index in [-0.39, 0.29) is 5.92 Å². The van der Waals surface area contributed by atoms with Gasteiger partial charge in [-0.3, -0.25) is 0 Å². The van der Waals surface area contributed by atoms with E-state index in [1.54, 1.807) is 0 Å². The highest BCUT2D eigenvalue weighted by Gasteiger charge is 2.21. The van der Waals surface area contributed by atoms with Gasteiger partial charge in [-0.15, -0.1) is 6.58 Å². The van der Waals surface area contributed by atoms with Crippen LogP contribution >= 0.6 is 0 Å². The van der Waals surface area contributed by atoms with E-state index in [1.807, 2.05) is 19.1 Å². The summed E-state index contributed by atoms with van der Waals surface area (Å²) in [6.45, 7) is 6.03. The lowest BCUT2D eigenvalue weighted by atomic mass is 9.82. The number of fused-ring (bicyclic) bond motifs is 4. The molecule has 0 fully saturated rings. The Bertz CT molecular complexity index is 2390. The highest BCUT2D eigenvalue weighted by atomic mass is 16.3. The Morgan fingerprint density at radius 1 is 0.673 bits per heavy atom. The average molecular weight is 634 g/mol. The van der Waals surface area contributed by atoms with Gasteiger partial charge >= 0.3 is 0 Å². The summed E-state index contributed by atoms with van der Waals surface area (Å²) in [6.07, 6.45) is 8.71. The summed E-state index contributed by atoms with van der Waals surface area (Å²) in [7, 11) is 0. The van der Waals surface area contributed by atoms with Crippen molar-refractivity contribution in [1.29, 1.82) is 0 Å². The summed E-state index contributed by atoms with van der Waals surface area (Å²) in [5.74, 6) is 1.14. The third-order valence-electron chi connectivity index (χ3n) is 9.85. The van der Waals surface area contributed by atoms with Gasteiger partial charge in [0.25, 0.3) is 0 Å². The van der Waals surface area contributed by atoms with E-state index < -0.39 is 0 Å². The van der Waals surface area contributed by atoms with E-state index in [1.165, 1.54) is 60.6 Å². The molecule has 8 rings (SSSR count). The summed E-state index contributed by atoms with van der Waals surface area (Å²) < 4.78 is 8.90. The molecular formula is C47H39NO. The molecule has 8 aromatic rings. The number of furan rings is 1. The number of benzene rings is 6. The maximum Gasteiger partial charge on any atom is 0.138 e. The van der Waals surface area contributed by atoms with E-state index in [0.29, 0.717) is 0 Å². The minimum absolute atomic E-state index is 0.210. The molecule has 0 aliphatic carbocycles. The second kappa shape index (κ2) is 13.3. The Kier molecular flexibility index (Phi) is 8.29. The lowest BCUT2D eigenvalue weighted by molar-refractivity contribution is 0.592. The van der Waals surface area contributed by atoms with Crippen LogP contribution in [0, 0.1) is 0 Å². The van der Waals surface area contributed by atoms with Crippen LogP contribution in [0.15, 0.2) is 169 Å². The van der Waals surface area contributed by atoms with E-state index in [2.05, 4.69) is 163 Å². The summed E-state index contributed by atoms with van der Waals surface area (Å²) in [4.78, 5) is 0. The van der Waals surface area contributed by atoms with E-state index in [0.717, 1.165) is 36.3 Å². The van der Waals surface area contributed by atoms with Gasteiger partial charge in [0.05, 0.1) is 11.0 Å². The van der Waals surface area contributed by atoms with Crippen LogP contribution in [-0.4, -0.2) is 4.57 Å². The van der Waals surface area contributed by atoms with Crippen LogP contribution in [-0.2, 0) is 12.8 Å². The first-order valence-electron chi connectivity index (χ1n) is 17.2. The quantitative estimate of drug-likeness (QED) is 0.137. The summed E-state index contributed by atoms with van der Waals surface area (Å²) in [5, 5.41) is 3.74. The molecule has 0 N–H and O–H groups in total. The summed E-state index contributed by atoms with van der Waals surface area (Å²) in [5.41, 5.74) is 12.2. The lowest BCUT2D eigenvalue weighted by Crippen LogP contribution is -2.05. The number of aromatic nitrogens is 1. The van der Waals surface area contributed by atoms with Crippen molar-refractivity contribution in [3.8, 4) is 16.8 Å². The average Bonchev–Trinajstić information content (AvgIpc) is 3.68. The third kappa shape index (κ3) is 5.60. The van der Waals surface area contributed by atoms with Crippen molar-refractivity contribution in [2.24, 2.45) is 0 Å².